The van der Waals surface area contributed by atoms with Gasteiger partial charge in [-0.2, -0.15) is 5.26 Å². The van der Waals surface area contributed by atoms with Crippen LogP contribution in [0.15, 0.2) is 18.3 Å². The zero-order chi connectivity index (χ0) is 12.0. The van der Waals surface area contributed by atoms with Crippen molar-refractivity contribution in [3.8, 4) is 6.07 Å². The van der Waals surface area contributed by atoms with Crippen molar-refractivity contribution in [1.82, 2.24) is 4.98 Å². The fraction of sp³-hybridized carbons (Fsp3) is 0.538. The molecule has 0 spiro atoms. The van der Waals surface area contributed by atoms with Gasteiger partial charge in [-0.15, -0.1) is 0 Å². The predicted molar refractivity (Wildman–Crippen MR) is 66.3 cm³/mol. The molecule has 0 aromatic carbocycles. The second-order valence-corrected chi connectivity index (χ2v) is 4.03. The standard InChI is InChI=1S/C13H19N3/c1-4-11(3)10-16(5-2)13-7-6-8-15-12(13)9-14/h6-8,11H,4-5,10H2,1-3H3. The summed E-state index contributed by atoms with van der Waals surface area (Å²) in [5.74, 6) is 0.631. The molecule has 0 amide bonds. The summed E-state index contributed by atoms with van der Waals surface area (Å²) in [5, 5.41) is 9.01. The Hall–Kier alpha value is -1.56. The van der Waals surface area contributed by atoms with Gasteiger partial charge in [0.15, 0.2) is 5.69 Å². The van der Waals surface area contributed by atoms with Gasteiger partial charge in [-0.25, -0.2) is 4.98 Å². The van der Waals surface area contributed by atoms with Crippen molar-refractivity contribution in [3.63, 3.8) is 0 Å². The highest BCUT2D eigenvalue weighted by Gasteiger charge is 2.12. The topological polar surface area (TPSA) is 39.9 Å². The number of pyridine rings is 1. The lowest BCUT2D eigenvalue weighted by Crippen LogP contribution is -2.28. The lowest BCUT2D eigenvalue weighted by atomic mass is 10.1. The van der Waals surface area contributed by atoms with Gasteiger partial charge in [0.25, 0.3) is 0 Å². The molecule has 0 N–H and O–H groups in total. The largest absolute Gasteiger partial charge is 0.369 e. The highest BCUT2D eigenvalue weighted by Crippen LogP contribution is 2.19. The number of hydrogen-bond acceptors (Lipinski definition) is 3. The Morgan fingerprint density at radius 1 is 1.50 bits per heavy atom. The quantitative estimate of drug-likeness (QED) is 0.761. The maximum Gasteiger partial charge on any atom is 0.163 e. The first-order valence-electron chi connectivity index (χ1n) is 5.82. The van der Waals surface area contributed by atoms with Crippen LogP contribution in [0.2, 0.25) is 0 Å². The molecule has 0 aliphatic rings. The average molecular weight is 217 g/mol. The van der Waals surface area contributed by atoms with E-state index in [-0.39, 0.29) is 0 Å². The SMILES string of the molecule is CCC(C)CN(CC)c1cccnc1C#N. The highest BCUT2D eigenvalue weighted by molar-refractivity contribution is 5.55. The van der Waals surface area contributed by atoms with E-state index < -0.39 is 0 Å². The van der Waals surface area contributed by atoms with Crippen LogP contribution in [-0.2, 0) is 0 Å². The maximum absolute atomic E-state index is 9.01. The molecule has 0 radical (unpaired) electrons. The molecular formula is C13H19N3. The van der Waals surface area contributed by atoms with Crippen LogP contribution in [0, 0.1) is 17.2 Å². The van der Waals surface area contributed by atoms with Crippen molar-refractivity contribution in [1.29, 1.82) is 5.26 Å². The summed E-state index contributed by atoms with van der Waals surface area (Å²) >= 11 is 0. The summed E-state index contributed by atoms with van der Waals surface area (Å²) in [7, 11) is 0. The number of hydrogen-bond donors (Lipinski definition) is 0. The summed E-state index contributed by atoms with van der Waals surface area (Å²) in [5.41, 5.74) is 1.47. The normalized spacial score (nSPS) is 11.9. The number of aromatic nitrogens is 1. The first-order chi connectivity index (χ1) is 7.72. The van der Waals surface area contributed by atoms with E-state index in [4.69, 9.17) is 5.26 Å². The van der Waals surface area contributed by atoms with Gasteiger partial charge in [-0.05, 0) is 25.0 Å². The van der Waals surface area contributed by atoms with Gasteiger partial charge in [0.1, 0.15) is 6.07 Å². The van der Waals surface area contributed by atoms with Crippen molar-refractivity contribution in [2.75, 3.05) is 18.0 Å². The summed E-state index contributed by atoms with van der Waals surface area (Å²) in [6.45, 7) is 8.41. The van der Waals surface area contributed by atoms with Gasteiger partial charge in [0, 0.05) is 19.3 Å². The minimum atomic E-state index is 0.521. The predicted octanol–water partition coefficient (Wildman–Crippen LogP) is 2.83. The number of nitrogens with zero attached hydrogens (tertiary/aromatic N) is 3. The Bertz CT molecular complexity index is 368. The van der Waals surface area contributed by atoms with Crippen molar-refractivity contribution in [2.24, 2.45) is 5.92 Å². The Morgan fingerprint density at radius 2 is 2.25 bits per heavy atom. The molecule has 0 fully saturated rings. The van der Waals surface area contributed by atoms with E-state index in [1.165, 1.54) is 0 Å². The Balaban J connectivity index is 2.91. The molecule has 0 saturated heterocycles. The molecule has 16 heavy (non-hydrogen) atoms. The van der Waals surface area contributed by atoms with E-state index in [9.17, 15) is 0 Å². The van der Waals surface area contributed by atoms with Crippen LogP contribution in [0.3, 0.4) is 0 Å². The second kappa shape index (κ2) is 6.12. The van der Waals surface area contributed by atoms with E-state index in [0.29, 0.717) is 11.6 Å². The van der Waals surface area contributed by atoms with Crippen molar-refractivity contribution >= 4 is 5.69 Å². The van der Waals surface area contributed by atoms with Gasteiger partial charge in [-0.3, -0.25) is 0 Å². The zero-order valence-electron chi connectivity index (χ0n) is 10.3. The molecule has 3 heteroatoms. The number of anilines is 1. The summed E-state index contributed by atoms with van der Waals surface area (Å²) in [6, 6.07) is 6.00. The smallest absolute Gasteiger partial charge is 0.163 e. The molecule has 0 saturated carbocycles. The minimum absolute atomic E-state index is 0.521. The second-order valence-electron chi connectivity index (χ2n) is 4.03. The van der Waals surface area contributed by atoms with Crippen molar-refractivity contribution < 1.29 is 0 Å². The molecule has 1 aromatic heterocycles. The van der Waals surface area contributed by atoms with Crippen LogP contribution in [-0.4, -0.2) is 18.1 Å². The Kier molecular flexibility index (Phi) is 4.78. The first kappa shape index (κ1) is 12.5. The third-order valence-electron chi connectivity index (χ3n) is 2.84. The number of rotatable bonds is 5. The lowest BCUT2D eigenvalue weighted by molar-refractivity contribution is 0.547. The maximum atomic E-state index is 9.01. The fourth-order valence-electron chi connectivity index (χ4n) is 1.64. The Morgan fingerprint density at radius 3 is 2.81 bits per heavy atom. The molecular weight excluding hydrogens is 198 g/mol. The van der Waals surface area contributed by atoms with Crippen LogP contribution in [0.5, 0.6) is 0 Å². The molecule has 1 atom stereocenters. The molecule has 1 rings (SSSR count). The lowest BCUT2D eigenvalue weighted by Gasteiger charge is -2.26. The van der Waals surface area contributed by atoms with Crippen LogP contribution in [0.25, 0.3) is 0 Å². The van der Waals surface area contributed by atoms with Gasteiger partial charge < -0.3 is 4.90 Å². The first-order valence-corrected chi connectivity index (χ1v) is 5.82. The zero-order valence-corrected chi connectivity index (χ0v) is 10.3. The van der Waals surface area contributed by atoms with E-state index in [1.54, 1.807) is 6.20 Å². The van der Waals surface area contributed by atoms with E-state index in [2.05, 4.69) is 36.7 Å². The molecule has 0 aliphatic heterocycles. The van der Waals surface area contributed by atoms with Crippen molar-refractivity contribution in [2.45, 2.75) is 27.2 Å². The van der Waals surface area contributed by atoms with Gasteiger partial charge in [0.2, 0.25) is 0 Å². The van der Waals surface area contributed by atoms with Crippen LogP contribution in [0.4, 0.5) is 5.69 Å². The van der Waals surface area contributed by atoms with Crippen LogP contribution < -0.4 is 4.90 Å². The van der Waals surface area contributed by atoms with E-state index in [0.717, 1.165) is 25.2 Å². The third-order valence-corrected chi connectivity index (χ3v) is 2.84. The highest BCUT2D eigenvalue weighted by atomic mass is 15.1. The van der Waals surface area contributed by atoms with Gasteiger partial charge in [0.05, 0.1) is 5.69 Å². The van der Waals surface area contributed by atoms with Gasteiger partial charge in [-0.1, -0.05) is 20.3 Å². The molecule has 1 heterocycles. The molecule has 0 aliphatic carbocycles. The average Bonchev–Trinajstić information content (AvgIpc) is 2.35. The summed E-state index contributed by atoms with van der Waals surface area (Å²) < 4.78 is 0. The number of nitriles is 1. The molecule has 1 unspecified atom stereocenters. The molecule has 3 nitrogen and oxygen atoms in total. The van der Waals surface area contributed by atoms with Crippen LogP contribution in [0.1, 0.15) is 32.9 Å². The Labute approximate surface area is 97.7 Å². The molecule has 0 bridgehead atoms. The molecule has 86 valence electrons. The fourth-order valence-corrected chi connectivity index (χ4v) is 1.64. The van der Waals surface area contributed by atoms with E-state index in [1.807, 2.05) is 12.1 Å². The monoisotopic (exact) mass is 217 g/mol. The minimum Gasteiger partial charge on any atom is -0.369 e. The summed E-state index contributed by atoms with van der Waals surface area (Å²) in [6.07, 6.45) is 2.82. The van der Waals surface area contributed by atoms with E-state index >= 15 is 0 Å². The van der Waals surface area contributed by atoms with Crippen LogP contribution >= 0.6 is 0 Å². The molecule has 1 aromatic rings. The van der Waals surface area contributed by atoms with Crippen molar-refractivity contribution in [3.05, 3.63) is 24.0 Å². The third kappa shape index (κ3) is 2.96. The summed E-state index contributed by atoms with van der Waals surface area (Å²) in [4.78, 5) is 6.32. The van der Waals surface area contributed by atoms with Gasteiger partial charge >= 0.3 is 0 Å².